The van der Waals surface area contributed by atoms with Crippen molar-refractivity contribution in [2.24, 2.45) is 0 Å². The monoisotopic (exact) mass is 342 g/mol. The number of nitrogens with one attached hydrogen (secondary N) is 1. The van der Waals surface area contributed by atoms with Crippen LogP contribution in [0.25, 0.3) is 0 Å². The molecule has 0 aromatic heterocycles. The van der Waals surface area contributed by atoms with Crippen LogP contribution in [0.3, 0.4) is 0 Å². The Balaban J connectivity index is 1.82. The maximum Gasteiger partial charge on any atom is 0.262 e. The Morgan fingerprint density at radius 1 is 1.12 bits per heavy atom. The maximum absolute atomic E-state index is 13.2. The number of amides is 3. The van der Waals surface area contributed by atoms with Gasteiger partial charge in [0.2, 0.25) is 5.91 Å². The first-order chi connectivity index (χ1) is 11.9. The first-order valence-corrected chi connectivity index (χ1v) is 7.55. The van der Waals surface area contributed by atoms with E-state index in [2.05, 4.69) is 5.32 Å². The second-order valence-electron chi connectivity index (χ2n) is 5.54. The minimum Gasteiger partial charge on any atom is -0.494 e. The Labute approximate surface area is 143 Å². The molecule has 0 aliphatic carbocycles. The topological polar surface area (TPSA) is 75.7 Å². The second-order valence-corrected chi connectivity index (χ2v) is 5.54. The minimum absolute atomic E-state index is 0.142. The van der Waals surface area contributed by atoms with Gasteiger partial charge in [-0.15, -0.1) is 0 Å². The lowest BCUT2D eigenvalue weighted by Gasteiger charge is -2.22. The van der Waals surface area contributed by atoms with Gasteiger partial charge in [-0.3, -0.25) is 19.3 Å². The van der Waals surface area contributed by atoms with Crippen molar-refractivity contribution in [3.05, 3.63) is 59.4 Å². The van der Waals surface area contributed by atoms with Gasteiger partial charge in [0.1, 0.15) is 17.6 Å². The molecule has 128 valence electrons. The number of imide groups is 1. The van der Waals surface area contributed by atoms with Crippen molar-refractivity contribution >= 4 is 23.4 Å². The predicted octanol–water partition coefficient (Wildman–Crippen LogP) is 2.46. The van der Waals surface area contributed by atoms with Gasteiger partial charge in [0.25, 0.3) is 11.8 Å². The Bertz CT molecular complexity index is 846. The van der Waals surface area contributed by atoms with E-state index in [0.29, 0.717) is 0 Å². The van der Waals surface area contributed by atoms with E-state index in [0.717, 1.165) is 11.0 Å². The first-order valence-electron chi connectivity index (χ1n) is 7.55. The number of anilines is 1. The number of fused-ring (bicyclic) bond motifs is 1. The molecule has 25 heavy (non-hydrogen) atoms. The van der Waals surface area contributed by atoms with Gasteiger partial charge in [0.05, 0.1) is 23.9 Å². The molecule has 3 amide bonds. The summed E-state index contributed by atoms with van der Waals surface area (Å²) in [4.78, 5) is 38.2. The third-order valence-electron chi connectivity index (χ3n) is 4.01. The van der Waals surface area contributed by atoms with Crippen molar-refractivity contribution in [1.82, 2.24) is 4.90 Å². The van der Waals surface area contributed by atoms with Gasteiger partial charge in [-0.25, -0.2) is 4.39 Å². The summed E-state index contributed by atoms with van der Waals surface area (Å²) < 4.78 is 18.3. The van der Waals surface area contributed by atoms with Crippen molar-refractivity contribution in [1.29, 1.82) is 0 Å². The zero-order chi connectivity index (χ0) is 18.1. The summed E-state index contributed by atoms with van der Waals surface area (Å²) in [5.74, 6) is -1.99. The molecule has 1 N–H and O–H groups in total. The molecule has 1 heterocycles. The summed E-state index contributed by atoms with van der Waals surface area (Å²) in [5, 5.41) is 2.56. The smallest absolute Gasteiger partial charge is 0.262 e. The highest BCUT2D eigenvalue weighted by Gasteiger charge is 2.40. The fraction of sp³-hybridized carbons (Fsp3) is 0.167. The van der Waals surface area contributed by atoms with Crippen molar-refractivity contribution in [3.8, 4) is 5.75 Å². The van der Waals surface area contributed by atoms with E-state index < -0.39 is 29.6 Å². The van der Waals surface area contributed by atoms with Crippen LogP contribution in [0.1, 0.15) is 27.6 Å². The van der Waals surface area contributed by atoms with E-state index in [1.54, 1.807) is 24.3 Å². The highest BCUT2D eigenvalue weighted by atomic mass is 19.1. The fourth-order valence-corrected chi connectivity index (χ4v) is 2.68. The third-order valence-corrected chi connectivity index (χ3v) is 4.01. The van der Waals surface area contributed by atoms with Gasteiger partial charge in [-0.1, -0.05) is 12.1 Å². The molecule has 1 aliphatic rings. The van der Waals surface area contributed by atoms with E-state index >= 15 is 0 Å². The van der Waals surface area contributed by atoms with Crippen molar-refractivity contribution < 1.29 is 23.5 Å². The molecular formula is C18H15FN2O4. The van der Waals surface area contributed by atoms with Gasteiger partial charge >= 0.3 is 0 Å². The number of ether oxygens (including phenoxy) is 1. The first kappa shape index (κ1) is 16.6. The molecule has 3 rings (SSSR count). The highest BCUT2D eigenvalue weighted by Crippen LogP contribution is 2.27. The lowest BCUT2D eigenvalue weighted by atomic mass is 10.1. The van der Waals surface area contributed by atoms with E-state index in [-0.39, 0.29) is 22.6 Å². The molecule has 0 bridgehead atoms. The van der Waals surface area contributed by atoms with Gasteiger partial charge in [0.15, 0.2) is 0 Å². The Morgan fingerprint density at radius 2 is 1.72 bits per heavy atom. The summed E-state index contributed by atoms with van der Waals surface area (Å²) in [6.07, 6.45) is 0. The SMILES string of the molecule is COc1cc(F)ccc1NC(=O)C(C)N1C(=O)c2ccccc2C1=O. The van der Waals surface area contributed by atoms with Crippen LogP contribution in [0.5, 0.6) is 5.75 Å². The number of hydrogen-bond acceptors (Lipinski definition) is 4. The molecule has 1 atom stereocenters. The summed E-state index contributed by atoms with van der Waals surface area (Å²) in [7, 11) is 1.35. The molecule has 0 radical (unpaired) electrons. The Morgan fingerprint density at radius 3 is 2.28 bits per heavy atom. The number of carbonyl (C=O) groups excluding carboxylic acids is 3. The van der Waals surface area contributed by atoms with Crippen LogP contribution < -0.4 is 10.1 Å². The van der Waals surface area contributed by atoms with Crippen LogP contribution >= 0.6 is 0 Å². The van der Waals surface area contributed by atoms with Gasteiger partial charge in [-0.05, 0) is 31.2 Å². The van der Waals surface area contributed by atoms with Gasteiger partial charge < -0.3 is 10.1 Å². The average Bonchev–Trinajstić information content (AvgIpc) is 2.87. The zero-order valence-corrected chi connectivity index (χ0v) is 13.6. The lowest BCUT2D eigenvalue weighted by molar-refractivity contribution is -0.119. The van der Waals surface area contributed by atoms with E-state index in [1.807, 2.05) is 0 Å². The Kier molecular flexibility index (Phi) is 4.22. The predicted molar refractivity (Wildman–Crippen MR) is 88.0 cm³/mol. The van der Waals surface area contributed by atoms with Gasteiger partial charge in [0, 0.05) is 6.07 Å². The van der Waals surface area contributed by atoms with Crippen molar-refractivity contribution in [3.63, 3.8) is 0 Å². The molecule has 1 aliphatic heterocycles. The van der Waals surface area contributed by atoms with E-state index in [9.17, 15) is 18.8 Å². The molecule has 0 saturated heterocycles. The van der Waals surface area contributed by atoms with Crippen LogP contribution in [0.15, 0.2) is 42.5 Å². The standard InChI is InChI=1S/C18H15FN2O4/c1-10(16(22)20-14-8-7-11(19)9-15(14)25-2)21-17(23)12-5-3-4-6-13(12)18(21)24/h3-10H,1-2H3,(H,20,22). The average molecular weight is 342 g/mol. The summed E-state index contributed by atoms with van der Waals surface area (Å²) in [5.41, 5.74) is 0.787. The normalized spacial score (nSPS) is 14.3. The minimum atomic E-state index is -1.04. The van der Waals surface area contributed by atoms with E-state index in [4.69, 9.17) is 4.74 Å². The molecule has 0 fully saturated rings. The Hall–Kier alpha value is -3.22. The van der Waals surface area contributed by atoms with Crippen LogP contribution in [0.2, 0.25) is 0 Å². The van der Waals surface area contributed by atoms with Crippen LogP contribution in [0.4, 0.5) is 10.1 Å². The summed E-state index contributed by atoms with van der Waals surface area (Å²) >= 11 is 0. The summed E-state index contributed by atoms with van der Waals surface area (Å²) in [6, 6.07) is 9.01. The zero-order valence-electron chi connectivity index (χ0n) is 13.6. The molecule has 2 aromatic rings. The van der Waals surface area contributed by atoms with Crippen LogP contribution in [-0.4, -0.2) is 35.8 Å². The largest absolute Gasteiger partial charge is 0.494 e. The van der Waals surface area contributed by atoms with E-state index in [1.165, 1.54) is 26.2 Å². The molecule has 7 heteroatoms. The van der Waals surface area contributed by atoms with Crippen LogP contribution in [0, 0.1) is 5.82 Å². The maximum atomic E-state index is 13.2. The van der Waals surface area contributed by atoms with Crippen molar-refractivity contribution in [2.75, 3.05) is 12.4 Å². The number of halogens is 1. The van der Waals surface area contributed by atoms with Crippen molar-refractivity contribution in [2.45, 2.75) is 13.0 Å². The number of nitrogens with zero attached hydrogens (tertiary/aromatic N) is 1. The number of rotatable bonds is 4. The molecule has 1 unspecified atom stereocenters. The molecule has 0 saturated carbocycles. The number of benzene rings is 2. The summed E-state index contributed by atoms with van der Waals surface area (Å²) in [6.45, 7) is 1.45. The third kappa shape index (κ3) is 2.84. The highest BCUT2D eigenvalue weighted by molar-refractivity contribution is 6.23. The number of methoxy groups -OCH3 is 1. The quantitative estimate of drug-likeness (QED) is 0.866. The second kappa shape index (κ2) is 6.35. The molecular weight excluding hydrogens is 327 g/mol. The fourth-order valence-electron chi connectivity index (χ4n) is 2.68. The van der Waals surface area contributed by atoms with Gasteiger partial charge in [-0.2, -0.15) is 0 Å². The number of carbonyl (C=O) groups is 3. The molecule has 6 nitrogen and oxygen atoms in total. The number of hydrogen-bond donors (Lipinski definition) is 1. The molecule has 0 spiro atoms. The van der Waals surface area contributed by atoms with Crippen LogP contribution in [-0.2, 0) is 4.79 Å². The lowest BCUT2D eigenvalue weighted by Crippen LogP contribution is -2.45. The molecule has 2 aromatic carbocycles.